The van der Waals surface area contributed by atoms with Crippen LogP contribution in [0.3, 0.4) is 0 Å². The van der Waals surface area contributed by atoms with Crippen LogP contribution in [0, 0.1) is 5.41 Å². The highest BCUT2D eigenvalue weighted by Crippen LogP contribution is 2.41. The summed E-state index contributed by atoms with van der Waals surface area (Å²) in [6.07, 6.45) is 0.852. The van der Waals surface area contributed by atoms with Crippen molar-refractivity contribution in [3.8, 4) is 5.75 Å². The first-order chi connectivity index (χ1) is 19.0. The van der Waals surface area contributed by atoms with Crippen molar-refractivity contribution in [1.82, 2.24) is 0 Å². The molecule has 3 aromatic rings. The number of anilines is 2. The first kappa shape index (κ1) is 29.2. The summed E-state index contributed by atoms with van der Waals surface area (Å²) in [5.74, 6) is -0.864. The van der Waals surface area contributed by atoms with Gasteiger partial charge in [-0.2, -0.15) is 0 Å². The van der Waals surface area contributed by atoms with E-state index in [0.29, 0.717) is 35.7 Å². The van der Waals surface area contributed by atoms with E-state index in [1.54, 1.807) is 60.0 Å². The fraction of sp³-hybridized carbons (Fsp3) is 0.344. The second-order valence-corrected chi connectivity index (χ2v) is 11.2. The van der Waals surface area contributed by atoms with Crippen LogP contribution < -0.4 is 14.5 Å². The molecule has 0 aromatic heterocycles. The van der Waals surface area contributed by atoms with Crippen LogP contribution >= 0.6 is 11.6 Å². The Bertz CT molecular complexity index is 1370. The maximum Gasteiger partial charge on any atom is 0.309 e. The van der Waals surface area contributed by atoms with E-state index in [9.17, 15) is 19.5 Å². The Hall–Kier alpha value is -3.84. The lowest BCUT2D eigenvalue weighted by Gasteiger charge is -2.40. The van der Waals surface area contributed by atoms with Crippen LogP contribution in [0.5, 0.6) is 5.75 Å². The first-order valence-corrected chi connectivity index (χ1v) is 13.9. The number of likely N-dealkylation sites (N-methyl/N-ethyl adjacent to an activating group) is 1. The molecule has 2 atom stereocenters. The van der Waals surface area contributed by atoms with Crippen molar-refractivity contribution >= 4 is 40.8 Å². The second-order valence-electron chi connectivity index (χ2n) is 10.7. The van der Waals surface area contributed by atoms with E-state index in [4.69, 9.17) is 16.3 Å². The van der Waals surface area contributed by atoms with E-state index in [0.717, 1.165) is 16.9 Å². The highest BCUT2D eigenvalue weighted by Gasteiger charge is 2.39. The summed E-state index contributed by atoms with van der Waals surface area (Å²) in [5, 5.41) is 9.89. The number of carbonyl (C=O) groups excluding carboxylic acids is 2. The minimum atomic E-state index is -0.879. The average Bonchev–Trinajstić information content (AvgIpc) is 2.94. The molecule has 0 radical (unpaired) electrons. The molecule has 0 saturated heterocycles. The topological polar surface area (TPSA) is 87.2 Å². The molecule has 3 aromatic carbocycles. The van der Waals surface area contributed by atoms with Crippen molar-refractivity contribution in [2.45, 2.75) is 52.5 Å². The summed E-state index contributed by atoms with van der Waals surface area (Å²) < 4.78 is 5.73. The minimum Gasteiger partial charge on any atom is -0.494 e. The molecule has 2 amide bonds. The van der Waals surface area contributed by atoms with Crippen molar-refractivity contribution in [2.24, 2.45) is 5.41 Å². The van der Waals surface area contributed by atoms with Gasteiger partial charge in [0.15, 0.2) is 0 Å². The lowest BCUT2D eigenvalue weighted by atomic mass is 9.84. The molecule has 2 unspecified atom stereocenters. The molecular formula is C32H35ClN2O5. The summed E-state index contributed by atoms with van der Waals surface area (Å²) in [5.41, 5.74) is 1.96. The summed E-state index contributed by atoms with van der Waals surface area (Å²) >= 11 is 6.06. The van der Waals surface area contributed by atoms with E-state index in [2.05, 4.69) is 0 Å². The number of ether oxygens (including phenoxy) is 1. The number of fused-ring (bicyclic) bond motifs is 1. The number of amides is 2. The van der Waals surface area contributed by atoms with Gasteiger partial charge in [0.1, 0.15) is 5.75 Å². The normalized spacial score (nSPS) is 16.7. The minimum absolute atomic E-state index is 0.0104. The van der Waals surface area contributed by atoms with E-state index in [-0.39, 0.29) is 24.5 Å². The first-order valence-electron chi connectivity index (χ1n) is 13.5. The molecule has 210 valence electrons. The molecule has 7 nitrogen and oxygen atoms in total. The maximum absolute atomic E-state index is 13.8. The van der Waals surface area contributed by atoms with Crippen LogP contribution in [0.15, 0.2) is 72.8 Å². The number of benzene rings is 3. The van der Waals surface area contributed by atoms with Crippen LogP contribution in [-0.2, 0) is 9.59 Å². The van der Waals surface area contributed by atoms with Gasteiger partial charge in [0.25, 0.3) is 5.91 Å². The smallest absolute Gasteiger partial charge is 0.309 e. The third-order valence-corrected chi connectivity index (χ3v) is 7.75. The lowest BCUT2D eigenvalue weighted by molar-refractivity contribution is -0.147. The number of para-hydroxylation sites is 1. The lowest BCUT2D eigenvalue weighted by Crippen LogP contribution is -2.46. The molecule has 1 heterocycles. The van der Waals surface area contributed by atoms with Crippen LogP contribution in [0.25, 0.3) is 0 Å². The third-order valence-electron chi connectivity index (χ3n) is 7.50. The number of hydrogen-bond donors (Lipinski definition) is 1. The van der Waals surface area contributed by atoms with E-state index >= 15 is 0 Å². The Morgan fingerprint density at radius 3 is 2.30 bits per heavy atom. The van der Waals surface area contributed by atoms with Crippen molar-refractivity contribution in [1.29, 1.82) is 0 Å². The third kappa shape index (κ3) is 6.15. The molecule has 0 saturated carbocycles. The van der Waals surface area contributed by atoms with E-state index < -0.39 is 17.3 Å². The molecule has 40 heavy (non-hydrogen) atoms. The van der Waals surface area contributed by atoms with Crippen molar-refractivity contribution < 1.29 is 24.2 Å². The zero-order valence-electron chi connectivity index (χ0n) is 23.3. The van der Waals surface area contributed by atoms with Gasteiger partial charge in [0.05, 0.1) is 17.9 Å². The standard InChI is InChI=1S/C32H35ClN2O5/c1-5-34(24-14-12-23(33)13-15-24)30(37)27-20-21(2)35(28-9-7-6-8-26(27)28)29(36)22-10-16-25(17-11-22)40-19-18-32(3,4)31(38)39/h6-17,21,27H,5,18-20H2,1-4H3,(H,38,39). The number of halogens is 1. The number of aliphatic carboxylic acids is 1. The van der Waals surface area contributed by atoms with Gasteiger partial charge >= 0.3 is 5.97 Å². The fourth-order valence-electron chi connectivity index (χ4n) is 4.99. The summed E-state index contributed by atoms with van der Waals surface area (Å²) in [4.78, 5) is 42.4. The molecule has 0 bridgehead atoms. The zero-order valence-corrected chi connectivity index (χ0v) is 24.0. The van der Waals surface area contributed by atoms with Gasteiger partial charge in [-0.15, -0.1) is 0 Å². The van der Waals surface area contributed by atoms with Gasteiger partial charge in [0, 0.05) is 34.5 Å². The Morgan fingerprint density at radius 2 is 1.68 bits per heavy atom. The molecule has 0 spiro atoms. The number of nitrogens with zero attached hydrogens (tertiary/aromatic N) is 2. The fourth-order valence-corrected chi connectivity index (χ4v) is 5.12. The molecule has 1 aliphatic heterocycles. The molecular weight excluding hydrogens is 528 g/mol. The molecule has 1 aliphatic rings. The quantitative estimate of drug-likeness (QED) is 0.310. The number of carboxylic acids is 1. The Balaban J connectivity index is 1.53. The largest absolute Gasteiger partial charge is 0.494 e. The average molecular weight is 563 g/mol. The van der Waals surface area contributed by atoms with Gasteiger partial charge < -0.3 is 19.6 Å². The molecule has 1 N–H and O–H groups in total. The SMILES string of the molecule is CCN(C(=O)C1CC(C)N(C(=O)c2ccc(OCCC(C)(C)C(=O)O)cc2)c2ccccc21)c1ccc(Cl)cc1. The molecule has 0 fully saturated rings. The summed E-state index contributed by atoms with van der Waals surface area (Å²) in [6.45, 7) is 8.00. The summed E-state index contributed by atoms with van der Waals surface area (Å²) in [6, 6.07) is 21.5. The van der Waals surface area contributed by atoms with Crippen molar-refractivity contribution in [3.63, 3.8) is 0 Å². The Labute approximate surface area is 240 Å². The Kier molecular flexibility index (Phi) is 8.84. The number of carboxylic acid groups (broad SMARTS) is 1. The van der Waals surface area contributed by atoms with Crippen molar-refractivity contribution in [2.75, 3.05) is 23.0 Å². The van der Waals surface area contributed by atoms with Gasteiger partial charge in [0.2, 0.25) is 5.91 Å². The van der Waals surface area contributed by atoms with Crippen LogP contribution in [0.1, 0.15) is 62.4 Å². The molecule has 8 heteroatoms. The predicted molar refractivity (Wildman–Crippen MR) is 158 cm³/mol. The second kappa shape index (κ2) is 12.1. The zero-order chi connectivity index (χ0) is 29.0. The maximum atomic E-state index is 13.8. The van der Waals surface area contributed by atoms with Gasteiger partial charge in [-0.25, -0.2) is 0 Å². The Morgan fingerprint density at radius 1 is 1.02 bits per heavy atom. The van der Waals surface area contributed by atoms with Crippen molar-refractivity contribution in [3.05, 3.63) is 88.9 Å². The monoisotopic (exact) mass is 562 g/mol. The highest BCUT2D eigenvalue weighted by molar-refractivity contribution is 6.30. The molecule has 0 aliphatic carbocycles. The molecule has 4 rings (SSSR count). The predicted octanol–water partition coefficient (Wildman–Crippen LogP) is 6.80. The van der Waals surface area contributed by atoms with Crippen LogP contribution in [0.2, 0.25) is 5.02 Å². The van der Waals surface area contributed by atoms with Gasteiger partial charge in [-0.05, 0) is 101 Å². The number of hydrogen-bond acceptors (Lipinski definition) is 4. The van der Waals surface area contributed by atoms with Crippen LogP contribution in [0.4, 0.5) is 11.4 Å². The van der Waals surface area contributed by atoms with E-state index in [1.165, 1.54) is 0 Å². The van der Waals surface area contributed by atoms with Crippen LogP contribution in [-0.4, -0.2) is 42.1 Å². The van der Waals surface area contributed by atoms with E-state index in [1.807, 2.05) is 50.2 Å². The number of carbonyl (C=O) groups is 3. The summed E-state index contributed by atoms with van der Waals surface area (Å²) in [7, 11) is 0. The number of rotatable bonds is 9. The van der Waals surface area contributed by atoms with Gasteiger partial charge in [-0.1, -0.05) is 29.8 Å². The van der Waals surface area contributed by atoms with Gasteiger partial charge in [-0.3, -0.25) is 14.4 Å². The highest BCUT2D eigenvalue weighted by atomic mass is 35.5.